The minimum atomic E-state index is -1.95. The molecule has 0 saturated heterocycles. The minimum Gasteiger partial charge on any atom is -0.464 e. The van der Waals surface area contributed by atoms with E-state index in [1.54, 1.807) is 24.7 Å². The Morgan fingerprint density at radius 3 is 2.51 bits per heavy atom. The topological polar surface area (TPSA) is 177 Å². The number of esters is 1. The number of nitrogen functional groups attached to an aromatic ring is 1. The van der Waals surface area contributed by atoms with Crippen molar-refractivity contribution in [2.24, 2.45) is 5.73 Å². The lowest BCUT2D eigenvalue weighted by molar-refractivity contribution is -0.149. The zero-order valence-electron chi connectivity index (χ0n) is 22.6. The van der Waals surface area contributed by atoms with Gasteiger partial charge in [-0.1, -0.05) is 24.9 Å². The average Bonchev–Trinajstić information content (AvgIpc) is 3.29. The van der Waals surface area contributed by atoms with Gasteiger partial charge in [-0.25, -0.2) is 24.1 Å². The molecule has 2 heterocycles. The van der Waals surface area contributed by atoms with Gasteiger partial charge >= 0.3 is 13.9 Å². The zero-order valence-corrected chi connectivity index (χ0v) is 23.5. The van der Waals surface area contributed by atoms with E-state index in [4.69, 9.17) is 20.9 Å². The fraction of sp³-hybridized carbons (Fsp3) is 0.480. The third-order valence-electron chi connectivity index (χ3n) is 5.38. The summed E-state index contributed by atoms with van der Waals surface area (Å²) < 4.78 is 37.3. The second-order valence-electron chi connectivity index (χ2n) is 9.26. The first-order chi connectivity index (χ1) is 18.4. The summed E-state index contributed by atoms with van der Waals surface area (Å²) in [6, 6.07) is 5.08. The second-order valence-corrected chi connectivity index (χ2v) is 10.5. The largest absolute Gasteiger partial charge is 0.464 e. The standard InChI is InChI=1S/C18H30N6O4P.C7H6FNO/c1-5-6-7-8-27-17(25)18(3,4)23-29(26)12-28-13(2)9-24-11-22-14-15(19)20-10-21-16(14)24;8-6-3-1-5(2-4-6)7(9)10/h10-11,13H,5-9,12H2,1-4H3,(H,23,26)(H2,19,20,21);1-4H,(H2,9,10)/q+1;. The van der Waals surface area contributed by atoms with E-state index in [1.165, 1.54) is 30.6 Å². The number of nitrogens with two attached hydrogens (primary N) is 2. The van der Waals surface area contributed by atoms with Crippen molar-refractivity contribution in [1.29, 1.82) is 0 Å². The van der Waals surface area contributed by atoms with E-state index in [0.29, 0.717) is 35.7 Å². The first-order valence-electron chi connectivity index (χ1n) is 12.4. The van der Waals surface area contributed by atoms with Gasteiger partial charge < -0.3 is 25.5 Å². The molecule has 1 aromatic carbocycles. The molecule has 0 radical (unpaired) electrons. The van der Waals surface area contributed by atoms with Gasteiger partial charge in [0.2, 0.25) is 5.91 Å². The molecule has 0 saturated carbocycles. The quantitative estimate of drug-likeness (QED) is 0.158. The number of benzene rings is 1. The van der Waals surface area contributed by atoms with E-state index < -0.39 is 25.4 Å². The molecule has 3 rings (SSSR count). The number of hydrogen-bond donors (Lipinski definition) is 3. The maximum Gasteiger partial charge on any atom is 0.461 e. The first kappa shape index (κ1) is 31.7. The number of anilines is 1. The van der Waals surface area contributed by atoms with Crippen molar-refractivity contribution in [2.75, 3.05) is 18.7 Å². The molecular formula is C25H36FN7O5P+. The molecule has 0 bridgehead atoms. The Labute approximate surface area is 227 Å². The number of aromatic nitrogens is 4. The molecule has 2 atom stereocenters. The molecule has 0 aliphatic carbocycles. The van der Waals surface area contributed by atoms with Crippen LogP contribution in [0.5, 0.6) is 0 Å². The molecule has 0 aliphatic heterocycles. The number of fused-ring (bicyclic) bond motifs is 1. The van der Waals surface area contributed by atoms with Gasteiger partial charge in [0.05, 0.1) is 25.6 Å². The van der Waals surface area contributed by atoms with Crippen molar-refractivity contribution in [1.82, 2.24) is 24.6 Å². The molecule has 1 amide bonds. The summed E-state index contributed by atoms with van der Waals surface area (Å²) in [7, 11) is -1.95. The molecule has 14 heteroatoms. The van der Waals surface area contributed by atoms with Crippen molar-refractivity contribution < 1.29 is 28.0 Å². The second kappa shape index (κ2) is 15.2. The molecule has 212 valence electrons. The van der Waals surface area contributed by atoms with Crippen LogP contribution in [0.2, 0.25) is 0 Å². The highest BCUT2D eigenvalue weighted by molar-refractivity contribution is 7.42. The van der Waals surface area contributed by atoms with Crippen molar-refractivity contribution in [3.8, 4) is 0 Å². The van der Waals surface area contributed by atoms with Crippen LogP contribution >= 0.6 is 7.95 Å². The number of halogens is 1. The number of rotatable bonds is 13. The monoisotopic (exact) mass is 564 g/mol. The zero-order chi connectivity index (χ0) is 29.0. The first-order valence-corrected chi connectivity index (χ1v) is 13.9. The Morgan fingerprint density at radius 2 is 1.87 bits per heavy atom. The van der Waals surface area contributed by atoms with Crippen LogP contribution in [0.1, 0.15) is 57.3 Å². The average molecular weight is 565 g/mol. The van der Waals surface area contributed by atoms with Crippen LogP contribution in [0.3, 0.4) is 0 Å². The number of amides is 1. The Hall–Kier alpha value is -3.54. The molecular weight excluding hydrogens is 528 g/mol. The number of imidazole rings is 1. The number of primary amides is 1. The molecule has 5 N–H and O–H groups in total. The third kappa shape index (κ3) is 10.3. The van der Waals surface area contributed by atoms with E-state index in [0.717, 1.165) is 19.3 Å². The van der Waals surface area contributed by atoms with Crippen LogP contribution in [0.15, 0.2) is 36.9 Å². The van der Waals surface area contributed by atoms with Crippen LogP contribution < -0.4 is 16.6 Å². The molecule has 2 unspecified atom stereocenters. The number of carbonyl (C=O) groups is 2. The Balaban J connectivity index is 0.000000446. The van der Waals surface area contributed by atoms with Gasteiger partial charge in [-0.3, -0.25) is 4.79 Å². The SMILES string of the molecule is CCCCCOC(=O)C(C)(C)N[P+](=O)COC(C)Cn1cnc2c(N)ncnc21.NC(=O)c1ccc(F)cc1. The molecule has 0 aliphatic rings. The number of unbranched alkanes of at least 4 members (excludes halogenated alkanes) is 2. The fourth-order valence-corrected chi connectivity index (χ4v) is 4.43. The Kier molecular flexibility index (Phi) is 12.3. The van der Waals surface area contributed by atoms with Gasteiger partial charge in [0.15, 0.2) is 17.0 Å². The lowest BCUT2D eigenvalue weighted by atomic mass is 10.1. The number of ether oxygens (including phenoxy) is 2. The van der Waals surface area contributed by atoms with Gasteiger partial charge in [0.1, 0.15) is 17.7 Å². The lowest BCUT2D eigenvalue weighted by Gasteiger charge is -2.18. The van der Waals surface area contributed by atoms with E-state index in [-0.39, 0.29) is 18.3 Å². The smallest absolute Gasteiger partial charge is 0.461 e. The number of nitrogens with one attached hydrogen (secondary N) is 1. The van der Waals surface area contributed by atoms with Crippen molar-refractivity contribution in [3.05, 3.63) is 48.3 Å². The number of carbonyl (C=O) groups excluding carboxylic acids is 2. The summed E-state index contributed by atoms with van der Waals surface area (Å²) >= 11 is 0. The molecule has 12 nitrogen and oxygen atoms in total. The maximum absolute atomic E-state index is 12.4. The highest BCUT2D eigenvalue weighted by atomic mass is 31.1. The summed E-state index contributed by atoms with van der Waals surface area (Å²) in [4.78, 5) is 34.9. The van der Waals surface area contributed by atoms with Crippen LogP contribution in [-0.4, -0.2) is 56.0 Å². The van der Waals surface area contributed by atoms with Crippen LogP contribution in [0, 0.1) is 5.82 Å². The van der Waals surface area contributed by atoms with Crippen molar-refractivity contribution >= 4 is 36.8 Å². The predicted octanol–water partition coefficient (Wildman–Crippen LogP) is 3.54. The van der Waals surface area contributed by atoms with Gasteiger partial charge in [0.25, 0.3) is 6.35 Å². The van der Waals surface area contributed by atoms with E-state index in [2.05, 4.69) is 27.0 Å². The Morgan fingerprint density at radius 1 is 1.18 bits per heavy atom. The number of nitrogens with zero attached hydrogens (tertiary/aromatic N) is 4. The summed E-state index contributed by atoms with van der Waals surface area (Å²) in [6.45, 7) is 8.05. The van der Waals surface area contributed by atoms with Crippen molar-refractivity contribution in [2.45, 2.75) is 65.1 Å². The number of hydrogen-bond acceptors (Lipinski definition) is 9. The van der Waals surface area contributed by atoms with Crippen molar-refractivity contribution in [3.63, 3.8) is 0 Å². The van der Waals surface area contributed by atoms with Gasteiger partial charge in [-0.15, -0.1) is 0 Å². The normalized spacial score (nSPS) is 12.4. The van der Waals surface area contributed by atoms with Crippen LogP contribution in [-0.2, 0) is 25.4 Å². The summed E-state index contributed by atoms with van der Waals surface area (Å²) in [5.41, 5.74) is 11.1. The van der Waals surface area contributed by atoms with E-state index in [9.17, 15) is 18.5 Å². The summed E-state index contributed by atoms with van der Waals surface area (Å²) in [5, 5.41) is 2.80. The van der Waals surface area contributed by atoms with Gasteiger partial charge in [0, 0.05) is 5.56 Å². The maximum atomic E-state index is 12.4. The van der Waals surface area contributed by atoms with E-state index >= 15 is 0 Å². The van der Waals surface area contributed by atoms with Crippen LogP contribution in [0.25, 0.3) is 11.2 Å². The van der Waals surface area contributed by atoms with Gasteiger partial charge in [-0.2, -0.15) is 0 Å². The summed E-state index contributed by atoms with van der Waals surface area (Å²) in [5.74, 6) is -1.02. The highest BCUT2D eigenvalue weighted by Gasteiger charge is 2.37. The highest BCUT2D eigenvalue weighted by Crippen LogP contribution is 2.23. The van der Waals surface area contributed by atoms with Crippen LogP contribution in [0.4, 0.5) is 10.2 Å². The third-order valence-corrected chi connectivity index (χ3v) is 6.58. The molecule has 0 spiro atoms. The fourth-order valence-electron chi connectivity index (χ4n) is 3.26. The minimum absolute atomic E-state index is 0.0349. The predicted molar refractivity (Wildman–Crippen MR) is 145 cm³/mol. The van der Waals surface area contributed by atoms with E-state index in [1.807, 2.05) is 6.92 Å². The lowest BCUT2D eigenvalue weighted by Crippen LogP contribution is -2.44. The molecule has 3 aromatic rings. The Bertz CT molecular complexity index is 1250. The molecule has 0 fully saturated rings. The molecule has 2 aromatic heterocycles. The summed E-state index contributed by atoms with van der Waals surface area (Å²) in [6.07, 6.45) is 5.59. The molecule has 39 heavy (non-hydrogen) atoms. The van der Waals surface area contributed by atoms with Gasteiger partial charge in [-0.05, 0) is 56.0 Å².